The van der Waals surface area contributed by atoms with Crippen LogP contribution in [0.4, 0.5) is 5.69 Å². The zero-order chi connectivity index (χ0) is 18.7. The first-order valence-electron chi connectivity index (χ1n) is 8.72. The number of halogens is 1. The molecule has 0 atom stereocenters. The molecule has 134 valence electrons. The summed E-state index contributed by atoms with van der Waals surface area (Å²) in [5, 5.41) is 0. The molecule has 0 fully saturated rings. The largest absolute Gasteiger partial charge is 0.494 e. The molecule has 0 aliphatic rings. The molecule has 0 N–H and O–H groups in total. The lowest BCUT2D eigenvalue weighted by molar-refractivity contribution is 0.340. The molecule has 0 bridgehead atoms. The second-order valence-electron chi connectivity index (χ2n) is 6.28. The van der Waals surface area contributed by atoms with Crippen LogP contribution in [0.15, 0.2) is 53.5 Å². The van der Waals surface area contributed by atoms with Gasteiger partial charge in [-0.3, -0.25) is 4.99 Å². The molecule has 0 unspecified atom stereocenters. The van der Waals surface area contributed by atoms with Gasteiger partial charge in [0, 0.05) is 32.4 Å². The zero-order valence-electron chi connectivity index (χ0n) is 15.6. The fraction of sp³-hybridized carbons (Fsp3) is 0.227. The van der Waals surface area contributed by atoms with Crippen LogP contribution in [0.2, 0.25) is 0 Å². The number of rotatable bonds is 5. The molecular weight excluding hydrogens is 435 g/mol. The highest BCUT2D eigenvalue weighted by Gasteiger charge is 2.09. The monoisotopic (exact) mass is 458 g/mol. The Kier molecular flexibility index (Phi) is 5.81. The first-order valence-corrected chi connectivity index (χ1v) is 9.80. The number of ether oxygens (including phenoxy) is 1. The maximum Gasteiger partial charge on any atom is 0.119 e. The van der Waals surface area contributed by atoms with Gasteiger partial charge in [0.1, 0.15) is 5.75 Å². The van der Waals surface area contributed by atoms with E-state index in [1.54, 1.807) is 0 Å². The summed E-state index contributed by atoms with van der Waals surface area (Å²) in [6.45, 7) is 9.02. The second kappa shape index (κ2) is 8.08. The van der Waals surface area contributed by atoms with E-state index in [1.807, 2.05) is 25.3 Å². The Balaban J connectivity index is 1.91. The van der Waals surface area contributed by atoms with E-state index in [0.717, 1.165) is 22.7 Å². The topological polar surface area (TPSA) is 26.5 Å². The molecule has 4 heteroatoms. The summed E-state index contributed by atoms with van der Waals surface area (Å²) in [6.07, 6.45) is 1.96. The molecule has 1 aromatic heterocycles. The van der Waals surface area contributed by atoms with Gasteiger partial charge in [-0.15, -0.1) is 0 Å². The smallest absolute Gasteiger partial charge is 0.119 e. The summed E-state index contributed by atoms with van der Waals surface area (Å²) in [5.74, 6) is 0.898. The van der Waals surface area contributed by atoms with Crippen molar-refractivity contribution >= 4 is 34.5 Å². The number of aliphatic imine (C=N–C) groups is 1. The van der Waals surface area contributed by atoms with Crippen molar-refractivity contribution in [2.45, 2.75) is 27.7 Å². The highest BCUT2D eigenvalue weighted by atomic mass is 127. The maximum atomic E-state index is 5.54. The van der Waals surface area contributed by atoms with Crippen molar-refractivity contribution in [3.8, 4) is 11.4 Å². The molecule has 0 saturated carbocycles. The average Bonchev–Trinajstić information content (AvgIpc) is 2.89. The highest BCUT2D eigenvalue weighted by molar-refractivity contribution is 14.1. The van der Waals surface area contributed by atoms with Gasteiger partial charge in [0.2, 0.25) is 0 Å². The van der Waals surface area contributed by atoms with Crippen LogP contribution >= 0.6 is 22.6 Å². The van der Waals surface area contributed by atoms with Gasteiger partial charge in [-0.05, 0) is 104 Å². The van der Waals surface area contributed by atoms with E-state index >= 15 is 0 Å². The molecule has 0 saturated heterocycles. The standard InChI is InChI=1S/C22H23IN2O/c1-5-26-21-9-7-20(8-10-21)25-16(3)13-18(17(25)4)14-24-22-11-6-19(23)12-15(22)2/h6-14H,5H2,1-4H3. The van der Waals surface area contributed by atoms with Gasteiger partial charge >= 0.3 is 0 Å². The molecule has 0 spiro atoms. The summed E-state index contributed by atoms with van der Waals surface area (Å²) in [5.41, 5.74) is 6.83. The zero-order valence-corrected chi connectivity index (χ0v) is 17.7. The van der Waals surface area contributed by atoms with Crippen molar-refractivity contribution < 1.29 is 4.74 Å². The first kappa shape index (κ1) is 18.7. The van der Waals surface area contributed by atoms with Crippen LogP contribution in [0.5, 0.6) is 5.75 Å². The lowest BCUT2D eigenvalue weighted by atomic mass is 10.2. The number of hydrogen-bond donors (Lipinski definition) is 0. The number of benzene rings is 2. The Hall–Kier alpha value is -2.08. The molecule has 2 aromatic carbocycles. The van der Waals surface area contributed by atoms with Gasteiger partial charge in [-0.1, -0.05) is 0 Å². The lowest BCUT2D eigenvalue weighted by Crippen LogP contribution is -2.00. The highest BCUT2D eigenvalue weighted by Crippen LogP contribution is 2.24. The number of nitrogens with zero attached hydrogens (tertiary/aromatic N) is 2. The minimum atomic E-state index is 0.680. The van der Waals surface area contributed by atoms with Crippen LogP contribution in [-0.4, -0.2) is 17.4 Å². The van der Waals surface area contributed by atoms with Crippen molar-refractivity contribution in [1.29, 1.82) is 0 Å². The van der Waals surface area contributed by atoms with E-state index in [9.17, 15) is 0 Å². The fourth-order valence-electron chi connectivity index (χ4n) is 3.08. The molecule has 0 radical (unpaired) electrons. The van der Waals surface area contributed by atoms with Gasteiger partial charge in [-0.25, -0.2) is 0 Å². The number of aryl methyl sites for hydroxylation is 2. The lowest BCUT2D eigenvalue weighted by Gasteiger charge is -2.11. The Morgan fingerprint density at radius 1 is 1.04 bits per heavy atom. The predicted molar refractivity (Wildman–Crippen MR) is 118 cm³/mol. The van der Waals surface area contributed by atoms with Gasteiger partial charge in [0.25, 0.3) is 0 Å². The van der Waals surface area contributed by atoms with Crippen LogP contribution < -0.4 is 4.74 Å². The summed E-state index contributed by atoms with van der Waals surface area (Å²) < 4.78 is 9.02. The summed E-state index contributed by atoms with van der Waals surface area (Å²) in [4.78, 5) is 4.70. The second-order valence-corrected chi connectivity index (χ2v) is 7.52. The van der Waals surface area contributed by atoms with Crippen LogP contribution in [0.25, 0.3) is 5.69 Å². The molecule has 26 heavy (non-hydrogen) atoms. The Morgan fingerprint density at radius 3 is 2.42 bits per heavy atom. The minimum absolute atomic E-state index is 0.680. The predicted octanol–water partition coefficient (Wildman–Crippen LogP) is 6.16. The SMILES string of the molecule is CCOc1ccc(-n2c(C)cc(C=Nc3ccc(I)cc3C)c2C)cc1. The van der Waals surface area contributed by atoms with E-state index in [2.05, 4.69) is 84.3 Å². The Bertz CT molecular complexity index is 940. The Labute approximate surface area is 168 Å². The molecule has 1 heterocycles. The third-order valence-electron chi connectivity index (χ3n) is 4.38. The molecular formula is C22H23IN2O. The van der Waals surface area contributed by atoms with E-state index in [0.29, 0.717) is 6.61 Å². The number of aromatic nitrogens is 1. The van der Waals surface area contributed by atoms with Crippen molar-refractivity contribution in [3.63, 3.8) is 0 Å². The van der Waals surface area contributed by atoms with Gasteiger partial charge in [0.15, 0.2) is 0 Å². The molecule has 3 aromatic rings. The van der Waals surface area contributed by atoms with E-state index in [1.165, 1.54) is 20.5 Å². The van der Waals surface area contributed by atoms with Gasteiger partial charge < -0.3 is 9.30 Å². The van der Waals surface area contributed by atoms with E-state index in [-0.39, 0.29) is 0 Å². The van der Waals surface area contributed by atoms with Crippen LogP contribution in [0, 0.1) is 24.3 Å². The first-order chi connectivity index (χ1) is 12.5. The molecule has 0 aliphatic carbocycles. The Morgan fingerprint density at radius 2 is 1.77 bits per heavy atom. The van der Waals surface area contributed by atoms with Crippen molar-refractivity contribution in [3.05, 3.63) is 74.6 Å². The summed E-state index contributed by atoms with van der Waals surface area (Å²) in [6, 6.07) is 16.7. The van der Waals surface area contributed by atoms with E-state index in [4.69, 9.17) is 9.73 Å². The molecule has 0 aliphatic heterocycles. The van der Waals surface area contributed by atoms with Crippen molar-refractivity contribution in [1.82, 2.24) is 4.57 Å². The normalized spacial score (nSPS) is 11.3. The van der Waals surface area contributed by atoms with Gasteiger partial charge in [0.05, 0.1) is 12.3 Å². The summed E-state index contributed by atoms with van der Waals surface area (Å²) in [7, 11) is 0. The van der Waals surface area contributed by atoms with Crippen molar-refractivity contribution in [2.75, 3.05) is 6.61 Å². The average molecular weight is 458 g/mol. The van der Waals surface area contributed by atoms with Crippen LogP contribution in [-0.2, 0) is 0 Å². The minimum Gasteiger partial charge on any atom is -0.494 e. The quantitative estimate of drug-likeness (QED) is 0.333. The molecule has 0 amide bonds. The fourth-order valence-corrected chi connectivity index (χ4v) is 3.72. The molecule has 3 nitrogen and oxygen atoms in total. The molecule has 3 rings (SSSR count). The number of hydrogen-bond acceptors (Lipinski definition) is 2. The third kappa shape index (κ3) is 4.01. The maximum absolute atomic E-state index is 5.54. The van der Waals surface area contributed by atoms with E-state index < -0.39 is 0 Å². The van der Waals surface area contributed by atoms with Gasteiger partial charge in [-0.2, -0.15) is 0 Å². The van der Waals surface area contributed by atoms with Crippen LogP contribution in [0.1, 0.15) is 29.4 Å². The summed E-state index contributed by atoms with van der Waals surface area (Å²) >= 11 is 2.32. The van der Waals surface area contributed by atoms with Crippen LogP contribution in [0.3, 0.4) is 0 Å². The third-order valence-corrected chi connectivity index (χ3v) is 5.05. The van der Waals surface area contributed by atoms with Crippen molar-refractivity contribution in [2.24, 2.45) is 4.99 Å².